The Bertz CT molecular complexity index is 971. The fourth-order valence-corrected chi connectivity index (χ4v) is 3.25. The van der Waals surface area contributed by atoms with Crippen molar-refractivity contribution in [2.75, 3.05) is 5.01 Å². The molecule has 0 spiro atoms. The molecule has 1 aromatic carbocycles. The van der Waals surface area contributed by atoms with E-state index in [0.717, 1.165) is 16.8 Å². The Labute approximate surface area is 163 Å². The van der Waals surface area contributed by atoms with E-state index in [1.807, 2.05) is 57.7 Å². The molecule has 1 aliphatic rings. The lowest BCUT2D eigenvalue weighted by atomic mass is 10.0. The quantitative estimate of drug-likeness (QED) is 0.575. The first kappa shape index (κ1) is 19.6. The first-order valence-electron chi connectivity index (χ1n) is 9.00. The maximum atomic E-state index is 12.4. The largest absolute Gasteiger partial charge is 0.433 e. The zero-order chi connectivity index (χ0) is 20.8. The number of nitrogens with zero attached hydrogens (tertiary/aromatic N) is 4. The molecule has 0 amide bonds. The number of hydrazone groups is 1. The second-order valence-electron chi connectivity index (χ2n) is 7.94. The average Bonchev–Trinajstić information content (AvgIpc) is 3.20. The predicted octanol–water partition coefficient (Wildman–Crippen LogP) is 4.33. The van der Waals surface area contributed by atoms with Crippen LogP contribution in [0.1, 0.15) is 50.7 Å². The molecule has 8 nitrogen and oxygen atoms in total. The summed E-state index contributed by atoms with van der Waals surface area (Å²) in [6.07, 6.45) is -0.616. The molecule has 0 fully saturated rings. The monoisotopic (exact) mass is 384 g/mol. The van der Waals surface area contributed by atoms with E-state index < -0.39 is 16.6 Å². The SMILES string of the molecule is CC(=O)C1=NN(c2ccc(C)c(C)c2)[C@H](c2ccc([N+](=O)[O-])o2)N1C(C)(C)C. The number of carbonyl (C=O) groups excluding carboxylic acids is 1. The summed E-state index contributed by atoms with van der Waals surface area (Å²) >= 11 is 0. The highest BCUT2D eigenvalue weighted by atomic mass is 16.6. The number of anilines is 1. The van der Waals surface area contributed by atoms with Gasteiger partial charge in [0.25, 0.3) is 0 Å². The number of hydrogen-bond acceptors (Lipinski definition) is 7. The van der Waals surface area contributed by atoms with Gasteiger partial charge in [0, 0.05) is 12.5 Å². The van der Waals surface area contributed by atoms with Gasteiger partial charge < -0.3 is 9.32 Å². The molecule has 1 aromatic heterocycles. The van der Waals surface area contributed by atoms with Crippen LogP contribution in [0.15, 0.2) is 39.9 Å². The molecule has 1 aliphatic heterocycles. The molecule has 1 atom stereocenters. The highest BCUT2D eigenvalue weighted by Crippen LogP contribution is 2.41. The van der Waals surface area contributed by atoms with Gasteiger partial charge in [0.15, 0.2) is 23.5 Å². The third kappa shape index (κ3) is 3.37. The molecule has 2 aromatic rings. The molecule has 0 radical (unpaired) electrons. The van der Waals surface area contributed by atoms with Crippen LogP contribution in [0.4, 0.5) is 11.6 Å². The van der Waals surface area contributed by atoms with Crippen LogP contribution in [0.3, 0.4) is 0 Å². The standard InChI is InChI=1S/C20H24N4O4/c1-12-7-8-15(11-13(12)2)23-19(16-9-10-17(28-16)24(26)27)22(20(4,5)6)18(21-23)14(3)25/h7-11,19H,1-6H3/t19-/m1/s1. The third-order valence-corrected chi connectivity index (χ3v) is 4.75. The van der Waals surface area contributed by atoms with Crippen LogP contribution in [-0.4, -0.2) is 27.0 Å². The van der Waals surface area contributed by atoms with Gasteiger partial charge in [0.2, 0.25) is 0 Å². The number of carbonyl (C=O) groups is 1. The normalized spacial score (nSPS) is 17.1. The van der Waals surface area contributed by atoms with E-state index in [-0.39, 0.29) is 17.5 Å². The number of ketones is 1. The Morgan fingerprint density at radius 3 is 2.36 bits per heavy atom. The number of nitro groups is 1. The van der Waals surface area contributed by atoms with Crippen LogP contribution < -0.4 is 5.01 Å². The first-order chi connectivity index (χ1) is 13.0. The second kappa shape index (κ2) is 6.78. The van der Waals surface area contributed by atoms with Gasteiger partial charge in [0.05, 0.1) is 11.8 Å². The molecule has 0 unspecified atom stereocenters. The van der Waals surface area contributed by atoms with E-state index in [9.17, 15) is 14.9 Å². The Kier molecular flexibility index (Phi) is 4.74. The summed E-state index contributed by atoms with van der Waals surface area (Å²) in [5.74, 6) is 0.0992. The van der Waals surface area contributed by atoms with Crippen molar-refractivity contribution in [1.82, 2.24) is 4.90 Å². The van der Waals surface area contributed by atoms with E-state index in [4.69, 9.17) is 4.42 Å². The number of furan rings is 1. The topological polar surface area (TPSA) is 92.2 Å². The van der Waals surface area contributed by atoms with E-state index in [0.29, 0.717) is 5.76 Å². The molecule has 28 heavy (non-hydrogen) atoms. The molecule has 0 aliphatic carbocycles. The van der Waals surface area contributed by atoms with E-state index in [1.54, 1.807) is 11.1 Å². The summed E-state index contributed by atoms with van der Waals surface area (Å²) in [7, 11) is 0. The van der Waals surface area contributed by atoms with Crippen molar-refractivity contribution in [3.63, 3.8) is 0 Å². The van der Waals surface area contributed by atoms with E-state index in [2.05, 4.69) is 5.10 Å². The minimum absolute atomic E-state index is 0.188. The number of rotatable bonds is 4. The molecular weight excluding hydrogens is 360 g/mol. The summed E-state index contributed by atoms with van der Waals surface area (Å²) in [5.41, 5.74) is 2.51. The summed E-state index contributed by atoms with van der Waals surface area (Å²) in [6, 6.07) is 8.76. The molecule has 0 saturated carbocycles. The van der Waals surface area contributed by atoms with E-state index in [1.165, 1.54) is 13.0 Å². The van der Waals surface area contributed by atoms with Crippen LogP contribution >= 0.6 is 0 Å². The third-order valence-electron chi connectivity index (χ3n) is 4.75. The van der Waals surface area contributed by atoms with Crippen molar-refractivity contribution in [2.45, 2.75) is 53.2 Å². The number of Topliss-reactive ketones (excluding diaryl/α,β-unsaturated/α-hetero) is 1. The van der Waals surface area contributed by atoms with Crippen LogP contribution in [0.25, 0.3) is 0 Å². The Morgan fingerprint density at radius 2 is 1.86 bits per heavy atom. The van der Waals surface area contributed by atoms with Crippen LogP contribution in [0, 0.1) is 24.0 Å². The van der Waals surface area contributed by atoms with Crippen LogP contribution in [-0.2, 0) is 4.79 Å². The minimum Gasteiger partial charge on any atom is -0.401 e. The van der Waals surface area contributed by atoms with Gasteiger partial charge in [-0.1, -0.05) is 6.07 Å². The summed E-state index contributed by atoms with van der Waals surface area (Å²) in [6.45, 7) is 11.4. The molecule has 0 N–H and O–H groups in total. The van der Waals surface area contributed by atoms with Gasteiger partial charge in [0.1, 0.15) is 4.92 Å². The number of benzene rings is 1. The predicted molar refractivity (Wildman–Crippen MR) is 106 cm³/mol. The van der Waals surface area contributed by atoms with Crippen molar-refractivity contribution < 1.29 is 14.1 Å². The Hall–Kier alpha value is -3.16. The van der Waals surface area contributed by atoms with Gasteiger partial charge in [-0.3, -0.25) is 14.9 Å². The van der Waals surface area contributed by atoms with Crippen molar-refractivity contribution in [1.29, 1.82) is 0 Å². The summed E-state index contributed by atoms with van der Waals surface area (Å²) in [4.78, 5) is 24.7. The lowest BCUT2D eigenvalue weighted by molar-refractivity contribution is -0.402. The Morgan fingerprint density at radius 1 is 1.18 bits per heavy atom. The maximum Gasteiger partial charge on any atom is 0.433 e. The Balaban J connectivity index is 2.19. The number of amidine groups is 1. The lowest BCUT2D eigenvalue weighted by Gasteiger charge is -2.39. The van der Waals surface area contributed by atoms with Crippen LogP contribution in [0.2, 0.25) is 0 Å². The number of hydrogen-bond donors (Lipinski definition) is 0. The minimum atomic E-state index is -0.616. The zero-order valence-corrected chi connectivity index (χ0v) is 16.9. The van der Waals surface area contributed by atoms with Crippen LogP contribution in [0.5, 0.6) is 0 Å². The van der Waals surface area contributed by atoms with E-state index >= 15 is 0 Å². The van der Waals surface area contributed by atoms with Crippen molar-refractivity contribution in [2.24, 2.45) is 5.10 Å². The molecule has 0 saturated heterocycles. The highest BCUT2D eigenvalue weighted by Gasteiger charge is 2.45. The van der Waals surface area contributed by atoms with Crippen molar-refractivity contribution >= 4 is 23.2 Å². The molecule has 3 rings (SSSR count). The first-order valence-corrected chi connectivity index (χ1v) is 9.00. The molecule has 8 heteroatoms. The van der Waals surface area contributed by atoms with Crippen molar-refractivity contribution in [3.8, 4) is 0 Å². The highest BCUT2D eigenvalue weighted by molar-refractivity contribution is 6.38. The molecular formula is C20H24N4O4. The maximum absolute atomic E-state index is 12.4. The summed E-state index contributed by atoms with van der Waals surface area (Å²) < 4.78 is 5.52. The smallest absolute Gasteiger partial charge is 0.401 e. The fraction of sp³-hybridized carbons (Fsp3) is 0.400. The van der Waals surface area contributed by atoms with Gasteiger partial charge in [-0.05, 0) is 63.9 Å². The van der Waals surface area contributed by atoms with Gasteiger partial charge in [-0.2, -0.15) is 0 Å². The molecule has 2 heterocycles. The average molecular weight is 384 g/mol. The molecule has 148 valence electrons. The summed E-state index contributed by atoms with van der Waals surface area (Å²) in [5, 5.41) is 17.4. The van der Waals surface area contributed by atoms with Crippen molar-refractivity contribution in [3.05, 3.63) is 57.3 Å². The zero-order valence-electron chi connectivity index (χ0n) is 16.9. The van der Waals surface area contributed by atoms with Gasteiger partial charge in [-0.15, -0.1) is 5.10 Å². The second-order valence-corrected chi connectivity index (χ2v) is 7.94. The molecule has 0 bridgehead atoms. The van der Waals surface area contributed by atoms with Gasteiger partial charge >= 0.3 is 5.88 Å². The number of aryl methyl sites for hydroxylation is 2. The fourth-order valence-electron chi connectivity index (χ4n) is 3.25. The van der Waals surface area contributed by atoms with Gasteiger partial charge in [-0.25, -0.2) is 5.01 Å². The lowest BCUT2D eigenvalue weighted by Crippen LogP contribution is -2.49.